The number of carboxylic acids is 1. The van der Waals surface area contributed by atoms with E-state index in [9.17, 15) is 4.79 Å². The minimum atomic E-state index is -0.694. The predicted octanol–water partition coefficient (Wildman–Crippen LogP) is 1.77. The molecule has 0 aromatic heterocycles. The molecule has 0 bridgehead atoms. The lowest BCUT2D eigenvalue weighted by Crippen LogP contribution is -2.37. The molecule has 1 heterocycles. The molecule has 0 saturated carbocycles. The van der Waals surface area contributed by atoms with Gasteiger partial charge in [-0.15, -0.1) is 0 Å². The van der Waals surface area contributed by atoms with Gasteiger partial charge in [0, 0.05) is 0 Å². The van der Waals surface area contributed by atoms with Crippen molar-refractivity contribution in [2.45, 2.75) is 51.0 Å². The Morgan fingerprint density at radius 2 is 1.69 bits per heavy atom. The fraction of sp³-hybridized carbons (Fsp3) is 0.900. The quantitative estimate of drug-likeness (QED) is 0.654. The summed E-state index contributed by atoms with van der Waals surface area (Å²) in [6.45, 7) is 0.858. The van der Waals surface area contributed by atoms with E-state index < -0.39 is 5.97 Å². The standard InChI is InChI=1S/C10H19NO2/c12-10(13)9-7-5-3-1-2-4-6-8-11-9/h9,11H,1-8H2,(H,12,13). The number of rotatable bonds is 1. The van der Waals surface area contributed by atoms with Gasteiger partial charge in [0.15, 0.2) is 0 Å². The topological polar surface area (TPSA) is 49.3 Å². The van der Waals surface area contributed by atoms with Crippen molar-refractivity contribution in [2.75, 3.05) is 6.54 Å². The van der Waals surface area contributed by atoms with E-state index in [0.717, 1.165) is 25.8 Å². The fourth-order valence-corrected chi connectivity index (χ4v) is 1.77. The van der Waals surface area contributed by atoms with Gasteiger partial charge in [-0.3, -0.25) is 4.79 Å². The Morgan fingerprint density at radius 1 is 1.08 bits per heavy atom. The van der Waals surface area contributed by atoms with E-state index in [2.05, 4.69) is 5.32 Å². The second-order valence-corrected chi connectivity index (χ2v) is 3.75. The van der Waals surface area contributed by atoms with E-state index in [4.69, 9.17) is 5.11 Å². The second-order valence-electron chi connectivity index (χ2n) is 3.75. The Labute approximate surface area is 79.5 Å². The van der Waals surface area contributed by atoms with Crippen molar-refractivity contribution < 1.29 is 9.90 Å². The van der Waals surface area contributed by atoms with E-state index in [1.807, 2.05) is 0 Å². The average Bonchev–Trinajstić information content (AvgIpc) is 2.14. The van der Waals surface area contributed by atoms with Gasteiger partial charge < -0.3 is 10.4 Å². The summed E-state index contributed by atoms with van der Waals surface area (Å²) in [6, 6.07) is -0.307. The van der Waals surface area contributed by atoms with Gasteiger partial charge >= 0.3 is 5.97 Å². The van der Waals surface area contributed by atoms with Crippen LogP contribution in [0.15, 0.2) is 0 Å². The molecule has 3 heteroatoms. The van der Waals surface area contributed by atoms with Crippen molar-refractivity contribution in [1.29, 1.82) is 0 Å². The number of aliphatic carboxylic acids is 1. The normalized spacial score (nSPS) is 26.6. The first-order valence-corrected chi connectivity index (χ1v) is 5.27. The predicted molar refractivity (Wildman–Crippen MR) is 51.7 cm³/mol. The molecule has 0 amide bonds. The highest BCUT2D eigenvalue weighted by atomic mass is 16.4. The van der Waals surface area contributed by atoms with E-state index in [-0.39, 0.29) is 6.04 Å². The summed E-state index contributed by atoms with van der Waals surface area (Å²) in [5, 5.41) is 11.9. The van der Waals surface area contributed by atoms with Crippen LogP contribution in [-0.2, 0) is 4.79 Å². The third kappa shape index (κ3) is 4.27. The van der Waals surface area contributed by atoms with Crippen LogP contribution in [0.2, 0.25) is 0 Å². The fourth-order valence-electron chi connectivity index (χ4n) is 1.77. The van der Waals surface area contributed by atoms with Gasteiger partial charge in [0.2, 0.25) is 0 Å². The summed E-state index contributed by atoms with van der Waals surface area (Å²) in [5.74, 6) is -0.694. The van der Waals surface area contributed by atoms with Gasteiger partial charge in [-0.2, -0.15) is 0 Å². The van der Waals surface area contributed by atoms with Crippen molar-refractivity contribution in [2.24, 2.45) is 0 Å². The summed E-state index contributed by atoms with van der Waals surface area (Å²) in [4.78, 5) is 10.8. The van der Waals surface area contributed by atoms with Crippen molar-refractivity contribution in [1.82, 2.24) is 5.32 Å². The maximum atomic E-state index is 10.8. The van der Waals surface area contributed by atoms with Gasteiger partial charge in [-0.1, -0.05) is 32.1 Å². The molecular formula is C10H19NO2. The number of carbonyl (C=O) groups is 1. The zero-order valence-electron chi connectivity index (χ0n) is 8.09. The van der Waals surface area contributed by atoms with Crippen LogP contribution in [0.4, 0.5) is 0 Å². The molecule has 1 fully saturated rings. The Kier molecular flexibility index (Phi) is 4.83. The first-order valence-electron chi connectivity index (χ1n) is 5.27. The van der Waals surface area contributed by atoms with Crippen LogP contribution >= 0.6 is 0 Å². The zero-order valence-corrected chi connectivity index (χ0v) is 8.09. The average molecular weight is 185 g/mol. The van der Waals surface area contributed by atoms with Gasteiger partial charge in [0.1, 0.15) is 6.04 Å². The summed E-state index contributed by atoms with van der Waals surface area (Å²) in [6.07, 6.45) is 7.94. The van der Waals surface area contributed by atoms with Crippen LogP contribution in [0.25, 0.3) is 0 Å². The van der Waals surface area contributed by atoms with Crippen molar-refractivity contribution >= 4 is 5.97 Å². The van der Waals surface area contributed by atoms with Gasteiger partial charge in [0.25, 0.3) is 0 Å². The molecule has 1 atom stereocenters. The highest BCUT2D eigenvalue weighted by Crippen LogP contribution is 2.10. The molecule has 0 radical (unpaired) electrons. The smallest absolute Gasteiger partial charge is 0.320 e. The number of carboxylic acid groups (broad SMARTS) is 1. The summed E-state index contributed by atoms with van der Waals surface area (Å²) in [7, 11) is 0. The van der Waals surface area contributed by atoms with Crippen molar-refractivity contribution in [3.05, 3.63) is 0 Å². The molecule has 0 aliphatic carbocycles. The van der Waals surface area contributed by atoms with E-state index in [1.165, 1.54) is 25.7 Å². The maximum absolute atomic E-state index is 10.8. The molecule has 0 spiro atoms. The molecule has 1 aliphatic rings. The summed E-state index contributed by atoms with van der Waals surface area (Å²) < 4.78 is 0. The van der Waals surface area contributed by atoms with Crippen molar-refractivity contribution in [3.63, 3.8) is 0 Å². The number of hydrogen-bond donors (Lipinski definition) is 2. The summed E-state index contributed by atoms with van der Waals surface area (Å²) >= 11 is 0. The molecule has 0 aromatic carbocycles. The lowest BCUT2D eigenvalue weighted by molar-refractivity contribution is -0.139. The van der Waals surface area contributed by atoms with Crippen LogP contribution in [-0.4, -0.2) is 23.7 Å². The molecule has 1 unspecified atom stereocenters. The zero-order chi connectivity index (χ0) is 9.52. The van der Waals surface area contributed by atoms with E-state index >= 15 is 0 Å². The van der Waals surface area contributed by atoms with E-state index in [0.29, 0.717) is 0 Å². The highest BCUT2D eigenvalue weighted by molar-refractivity contribution is 5.73. The first kappa shape index (κ1) is 10.5. The number of nitrogens with one attached hydrogen (secondary N) is 1. The molecular weight excluding hydrogens is 166 g/mol. The Balaban J connectivity index is 2.30. The lowest BCUT2D eigenvalue weighted by Gasteiger charge is -2.15. The third-order valence-corrected chi connectivity index (χ3v) is 2.61. The SMILES string of the molecule is O=C(O)C1CCCCCCCCN1. The van der Waals surface area contributed by atoms with Crippen molar-refractivity contribution in [3.8, 4) is 0 Å². The second kappa shape index (κ2) is 5.97. The molecule has 1 rings (SSSR count). The van der Waals surface area contributed by atoms with Gasteiger partial charge in [-0.25, -0.2) is 0 Å². The third-order valence-electron chi connectivity index (χ3n) is 2.61. The molecule has 76 valence electrons. The molecule has 1 saturated heterocycles. The maximum Gasteiger partial charge on any atom is 0.320 e. The molecule has 3 nitrogen and oxygen atoms in total. The van der Waals surface area contributed by atoms with Crippen LogP contribution in [0.1, 0.15) is 44.9 Å². The molecule has 0 aromatic rings. The molecule has 13 heavy (non-hydrogen) atoms. The largest absolute Gasteiger partial charge is 0.480 e. The van der Waals surface area contributed by atoms with Gasteiger partial charge in [0.05, 0.1) is 0 Å². The number of hydrogen-bond acceptors (Lipinski definition) is 2. The highest BCUT2D eigenvalue weighted by Gasteiger charge is 2.15. The first-order chi connectivity index (χ1) is 6.30. The van der Waals surface area contributed by atoms with Crippen LogP contribution in [0.5, 0.6) is 0 Å². The minimum absolute atomic E-state index is 0.307. The Hall–Kier alpha value is -0.570. The van der Waals surface area contributed by atoms with Crippen LogP contribution in [0.3, 0.4) is 0 Å². The Morgan fingerprint density at radius 3 is 2.38 bits per heavy atom. The minimum Gasteiger partial charge on any atom is -0.480 e. The monoisotopic (exact) mass is 185 g/mol. The van der Waals surface area contributed by atoms with Crippen LogP contribution in [0, 0.1) is 0 Å². The summed E-state index contributed by atoms with van der Waals surface area (Å²) in [5.41, 5.74) is 0. The Bertz CT molecular complexity index is 149. The molecule has 1 aliphatic heterocycles. The van der Waals surface area contributed by atoms with Gasteiger partial charge in [-0.05, 0) is 19.4 Å². The van der Waals surface area contributed by atoms with Crippen LogP contribution < -0.4 is 5.32 Å². The van der Waals surface area contributed by atoms with E-state index in [1.54, 1.807) is 0 Å². The molecule has 2 N–H and O–H groups in total. The lowest BCUT2D eigenvalue weighted by atomic mass is 10.0.